The molecule has 1 amide bonds. The Morgan fingerprint density at radius 3 is 2.70 bits per heavy atom. The first-order valence-electron chi connectivity index (χ1n) is 7.55. The molecular weight excluding hydrogens is 384 g/mol. The van der Waals surface area contributed by atoms with Crippen LogP contribution in [-0.4, -0.2) is 38.3 Å². The maximum Gasteiger partial charge on any atom is 0.227 e. The minimum atomic E-state index is -0.495. The third kappa shape index (κ3) is 5.35. The second-order valence-corrected chi connectivity index (χ2v) is 6.52. The maximum absolute atomic E-state index is 12.5. The standard InChI is InChI=1S/C16H23BrN2O3.ClH/c1-12(22-14-5-3-2-4-13(14)17)10-19-15(20)16(11-18)6-8-21-9-7-16;/h2-5,12H,6-11,18H2,1H3,(H,19,20);1H. The van der Waals surface area contributed by atoms with E-state index in [2.05, 4.69) is 21.2 Å². The minimum Gasteiger partial charge on any atom is -0.488 e. The van der Waals surface area contributed by atoms with Gasteiger partial charge in [-0.05, 0) is 47.8 Å². The lowest BCUT2D eigenvalue weighted by atomic mass is 9.79. The number of nitrogens with two attached hydrogens (primary N) is 1. The van der Waals surface area contributed by atoms with E-state index in [1.54, 1.807) is 0 Å². The third-order valence-electron chi connectivity index (χ3n) is 4.04. The fourth-order valence-electron chi connectivity index (χ4n) is 2.51. The Balaban J connectivity index is 0.00000264. The van der Waals surface area contributed by atoms with Crippen LogP contribution < -0.4 is 15.8 Å². The van der Waals surface area contributed by atoms with Crippen LogP contribution in [0.25, 0.3) is 0 Å². The van der Waals surface area contributed by atoms with E-state index in [-0.39, 0.29) is 24.4 Å². The van der Waals surface area contributed by atoms with Gasteiger partial charge in [0.25, 0.3) is 0 Å². The number of nitrogens with one attached hydrogen (secondary N) is 1. The number of benzene rings is 1. The summed E-state index contributed by atoms with van der Waals surface area (Å²) in [5.41, 5.74) is 5.34. The van der Waals surface area contributed by atoms with Crippen molar-refractivity contribution in [2.75, 3.05) is 26.3 Å². The van der Waals surface area contributed by atoms with Gasteiger partial charge in [0.15, 0.2) is 0 Å². The molecule has 0 bridgehead atoms. The van der Waals surface area contributed by atoms with Crippen molar-refractivity contribution in [3.05, 3.63) is 28.7 Å². The highest BCUT2D eigenvalue weighted by molar-refractivity contribution is 9.10. The zero-order valence-electron chi connectivity index (χ0n) is 13.2. The molecule has 1 saturated heterocycles. The number of carbonyl (C=O) groups excluding carboxylic acids is 1. The Bertz CT molecular complexity index is 510. The van der Waals surface area contributed by atoms with E-state index < -0.39 is 5.41 Å². The van der Waals surface area contributed by atoms with Crippen LogP contribution in [0.5, 0.6) is 5.75 Å². The van der Waals surface area contributed by atoms with Crippen LogP contribution in [0.1, 0.15) is 19.8 Å². The van der Waals surface area contributed by atoms with E-state index in [9.17, 15) is 4.79 Å². The van der Waals surface area contributed by atoms with Gasteiger partial charge in [0, 0.05) is 19.8 Å². The molecular formula is C16H24BrClN2O3. The monoisotopic (exact) mass is 406 g/mol. The number of halogens is 2. The zero-order chi connectivity index (χ0) is 16.0. The average molecular weight is 408 g/mol. The largest absolute Gasteiger partial charge is 0.488 e. The first-order valence-corrected chi connectivity index (χ1v) is 8.34. The van der Waals surface area contributed by atoms with E-state index >= 15 is 0 Å². The molecule has 1 aromatic rings. The van der Waals surface area contributed by atoms with Gasteiger partial charge < -0.3 is 20.5 Å². The van der Waals surface area contributed by atoms with Crippen molar-refractivity contribution in [3.63, 3.8) is 0 Å². The van der Waals surface area contributed by atoms with Gasteiger partial charge in [0.05, 0.1) is 16.4 Å². The van der Waals surface area contributed by atoms with Gasteiger partial charge in [-0.3, -0.25) is 4.79 Å². The van der Waals surface area contributed by atoms with E-state index in [1.165, 1.54) is 0 Å². The van der Waals surface area contributed by atoms with Crippen LogP contribution in [0.4, 0.5) is 0 Å². The number of para-hydroxylation sites is 1. The van der Waals surface area contributed by atoms with Gasteiger partial charge in [-0.25, -0.2) is 0 Å². The van der Waals surface area contributed by atoms with Crippen molar-refractivity contribution < 1.29 is 14.3 Å². The Labute approximate surface area is 151 Å². The first kappa shape index (κ1) is 20.2. The van der Waals surface area contributed by atoms with Gasteiger partial charge in [0.1, 0.15) is 11.9 Å². The third-order valence-corrected chi connectivity index (χ3v) is 4.69. The lowest BCUT2D eigenvalue weighted by Gasteiger charge is -2.34. The molecule has 7 heteroatoms. The molecule has 0 aliphatic carbocycles. The molecule has 0 saturated carbocycles. The summed E-state index contributed by atoms with van der Waals surface area (Å²) in [6.07, 6.45) is 1.22. The van der Waals surface area contributed by atoms with Crippen molar-refractivity contribution in [1.82, 2.24) is 5.32 Å². The van der Waals surface area contributed by atoms with Crippen molar-refractivity contribution in [3.8, 4) is 5.75 Å². The topological polar surface area (TPSA) is 73.6 Å². The molecule has 130 valence electrons. The molecule has 23 heavy (non-hydrogen) atoms. The predicted molar refractivity (Wildman–Crippen MR) is 96.0 cm³/mol. The van der Waals surface area contributed by atoms with E-state index in [4.69, 9.17) is 15.2 Å². The van der Waals surface area contributed by atoms with Gasteiger partial charge >= 0.3 is 0 Å². The summed E-state index contributed by atoms with van der Waals surface area (Å²) >= 11 is 3.44. The van der Waals surface area contributed by atoms with E-state index in [1.807, 2.05) is 31.2 Å². The fraction of sp³-hybridized carbons (Fsp3) is 0.562. The predicted octanol–water partition coefficient (Wildman–Crippen LogP) is 2.51. The lowest BCUT2D eigenvalue weighted by Crippen LogP contribution is -2.50. The number of carbonyl (C=O) groups is 1. The molecule has 0 spiro atoms. The molecule has 1 aliphatic heterocycles. The zero-order valence-corrected chi connectivity index (χ0v) is 15.6. The average Bonchev–Trinajstić information content (AvgIpc) is 2.55. The Morgan fingerprint density at radius 1 is 1.43 bits per heavy atom. The molecule has 1 heterocycles. The normalized spacial score (nSPS) is 17.7. The minimum absolute atomic E-state index is 0. The Kier molecular flexibility index (Phi) is 8.33. The van der Waals surface area contributed by atoms with Crippen molar-refractivity contribution in [1.29, 1.82) is 0 Å². The number of ether oxygens (including phenoxy) is 2. The lowest BCUT2D eigenvalue weighted by molar-refractivity contribution is -0.136. The van der Waals surface area contributed by atoms with Gasteiger partial charge in [-0.1, -0.05) is 12.1 Å². The molecule has 3 N–H and O–H groups in total. The number of amides is 1. The van der Waals surface area contributed by atoms with Crippen LogP contribution in [0.3, 0.4) is 0 Å². The summed E-state index contributed by atoms with van der Waals surface area (Å²) in [5, 5.41) is 2.97. The molecule has 1 unspecified atom stereocenters. The molecule has 0 aromatic heterocycles. The number of hydrogen-bond donors (Lipinski definition) is 2. The van der Waals surface area contributed by atoms with E-state index in [0.717, 1.165) is 10.2 Å². The quantitative estimate of drug-likeness (QED) is 0.760. The van der Waals surface area contributed by atoms with Crippen LogP contribution in [0.2, 0.25) is 0 Å². The summed E-state index contributed by atoms with van der Waals surface area (Å²) in [4.78, 5) is 12.5. The highest BCUT2D eigenvalue weighted by Gasteiger charge is 2.38. The second-order valence-electron chi connectivity index (χ2n) is 5.67. The fourth-order valence-corrected chi connectivity index (χ4v) is 2.89. The second kappa shape index (κ2) is 9.47. The molecule has 1 atom stereocenters. The molecule has 2 rings (SSSR count). The summed E-state index contributed by atoms with van der Waals surface area (Å²) in [5.74, 6) is 0.768. The summed E-state index contributed by atoms with van der Waals surface area (Å²) in [7, 11) is 0. The van der Waals surface area contributed by atoms with Crippen LogP contribution in [-0.2, 0) is 9.53 Å². The van der Waals surface area contributed by atoms with Crippen molar-refractivity contribution >= 4 is 34.2 Å². The summed E-state index contributed by atoms with van der Waals surface area (Å²) < 4.78 is 12.1. The maximum atomic E-state index is 12.5. The van der Waals surface area contributed by atoms with Crippen molar-refractivity contribution in [2.45, 2.75) is 25.9 Å². The van der Waals surface area contributed by atoms with Crippen molar-refractivity contribution in [2.24, 2.45) is 11.1 Å². The van der Waals surface area contributed by atoms with Gasteiger partial charge in [-0.15, -0.1) is 12.4 Å². The molecule has 1 aliphatic rings. The van der Waals surface area contributed by atoms with Crippen LogP contribution in [0, 0.1) is 5.41 Å². The van der Waals surface area contributed by atoms with Gasteiger partial charge in [-0.2, -0.15) is 0 Å². The van der Waals surface area contributed by atoms with Crippen LogP contribution >= 0.6 is 28.3 Å². The smallest absolute Gasteiger partial charge is 0.227 e. The molecule has 1 aromatic carbocycles. The highest BCUT2D eigenvalue weighted by atomic mass is 79.9. The van der Waals surface area contributed by atoms with Crippen LogP contribution in [0.15, 0.2) is 28.7 Å². The molecule has 0 radical (unpaired) electrons. The van der Waals surface area contributed by atoms with Gasteiger partial charge in [0.2, 0.25) is 5.91 Å². The number of hydrogen-bond acceptors (Lipinski definition) is 4. The summed E-state index contributed by atoms with van der Waals surface area (Å²) in [6.45, 7) is 3.91. The first-order chi connectivity index (χ1) is 10.6. The SMILES string of the molecule is CC(CNC(=O)C1(CN)CCOCC1)Oc1ccccc1Br.Cl. The Morgan fingerprint density at radius 2 is 2.09 bits per heavy atom. The summed E-state index contributed by atoms with van der Waals surface area (Å²) in [6, 6.07) is 7.66. The molecule has 5 nitrogen and oxygen atoms in total. The Hall–Kier alpha value is -0.820. The highest BCUT2D eigenvalue weighted by Crippen LogP contribution is 2.29. The number of rotatable bonds is 6. The van der Waals surface area contributed by atoms with E-state index in [0.29, 0.717) is 39.1 Å². The molecule has 1 fully saturated rings.